The van der Waals surface area contributed by atoms with E-state index in [9.17, 15) is 9.90 Å². The van der Waals surface area contributed by atoms with Gasteiger partial charge in [-0.2, -0.15) is 0 Å². The second-order valence-electron chi connectivity index (χ2n) is 9.27. The number of ether oxygens (including phenoxy) is 2. The van der Waals surface area contributed by atoms with Crippen LogP contribution in [0.5, 0.6) is 5.75 Å². The van der Waals surface area contributed by atoms with Crippen molar-refractivity contribution in [3.05, 3.63) is 42.0 Å². The van der Waals surface area contributed by atoms with E-state index in [4.69, 9.17) is 9.47 Å². The highest BCUT2D eigenvalue weighted by Gasteiger charge is 2.42. The topological polar surface area (TPSA) is 71.0 Å². The Morgan fingerprint density at radius 1 is 1.13 bits per heavy atom. The molecule has 0 aliphatic carbocycles. The van der Waals surface area contributed by atoms with Gasteiger partial charge in [0, 0.05) is 38.3 Å². The van der Waals surface area contributed by atoms with Crippen LogP contribution < -0.4 is 5.32 Å². The van der Waals surface area contributed by atoms with E-state index in [1.807, 2.05) is 18.2 Å². The number of piperidine rings is 1. The van der Waals surface area contributed by atoms with Gasteiger partial charge in [-0.1, -0.05) is 30.3 Å². The minimum absolute atomic E-state index is 0.00626. The maximum Gasteiger partial charge on any atom is 0.249 e. The minimum atomic E-state index is -0.274. The molecule has 1 spiro atoms. The molecule has 2 aromatic rings. The molecule has 5 rings (SSSR count). The van der Waals surface area contributed by atoms with Crippen LogP contribution >= 0.6 is 0 Å². The molecule has 3 aliphatic rings. The van der Waals surface area contributed by atoms with Crippen molar-refractivity contribution in [2.45, 2.75) is 62.9 Å². The van der Waals surface area contributed by atoms with E-state index in [-0.39, 0.29) is 23.7 Å². The first-order chi connectivity index (χ1) is 15.1. The van der Waals surface area contributed by atoms with E-state index >= 15 is 0 Å². The van der Waals surface area contributed by atoms with Crippen molar-refractivity contribution in [3.8, 4) is 5.75 Å². The van der Waals surface area contributed by atoms with E-state index in [0.29, 0.717) is 18.9 Å². The summed E-state index contributed by atoms with van der Waals surface area (Å²) in [6, 6.07) is 12.0. The van der Waals surface area contributed by atoms with E-state index < -0.39 is 0 Å². The largest absolute Gasteiger partial charge is 0.508 e. The fourth-order valence-electron chi connectivity index (χ4n) is 5.35. The van der Waals surface area contributed by atoms with Crippen LogP contribution in [0.15, 0.2) is 36.4 Å². The number of likely N-dealkylation sites (tertiary alicyclic amines) is 1. The van der Waals surface area contributed by atoms with E-state index in [0.717, 1.165) is 74.5 Å². The van der Waals surface area contributed by atoms with Crippen molar-refractivity contribution in [3.63, 3.8) is 0 Å². The van der Waals surface area contributed by atoms with Gasteiger partial charge in [-0.15, -0.1) is 0 Å². The van der Waals surface area contributed by atoms with E-state index in [1.165, 1.54) is 0 Å². The summed E-state index contributed by atoms with van der Waals surface area (Å²) in [5, 5.41) is 15.8. The molecule has 31 heavy (non-hydrogen) atoms. The number of phenolic OH excluding ortho intramolecular Hbond substituents is 1. The van der Waals surface area contributed by atoms with Gasteiger partial charge in [0.1, 0.15) is 11.9 Å². The van der Waals surface area contributed by atoms with Crippen molar-refractivity contribution < 1.29 is 19.4 Å². The van der Waals surface area contributed by atoms with Crippen LogP contribution in [0, 0.1) is 0 Å². The lowest BCUT2D eigenvalue weighted by Gasteiger charge is -2.39. The number of benzene rings is 2. The molecule has 2 aromatic carbocycles. The number of amides is 1. The number of hydrogen-bond donors (Lipinski definition) is 2. The maximum absolute atomic E-state index is 12.2. The van der Waals surface area contributed by atoms with Crippen LogP contribution in [0.25, 0.3) is 10.8 Å². The Morgan fingerprint density at radius 2 is 1.97 bits per heavy atom. The summed E-state index contributed by atoms with van der Waals surface area (Å²) in [5.41, 5.74) is 0.951. The number of fused-ring (bicyclic) bond motifs is 1. The highest BCUT2D eigenvalue weighted by molar-refractivity contribution is 5.87. The summed E-state index contributed by atoms with van der Waals surface area (Å²) in [6.07, 6.45) is 5.65. The average Bonchev–Trinajstić information content (AvgIpc) is 3.47. The van der Waals surface area contributed by atoms with Crippen molar-refractivity contribution in [2.75, 3.05) is 26.2 Å². The second-order valence-corrected chi connectivity index (χ2v) is 9.27. The summed E-state index contributed by atoms with van der Waals surface area (Å²) in [4.78, 5) is 14.6. The van der Waals surface area contributed by atoms with E-state index in [1.54, 1.807) is 6.07 Å². The third-order valence-corrected chi connectivity index (χ3v) is 7.23. The van der Waals surface area contributed by atoms with Gasteiger partial charge in [0.05, 0.1) is 11.7 Å². The summed E-state index contributed by atoms with van der Waals surface area (Å²) in [5.74, 6) is 0.380. The molecule has 3 aliphatic heterocycles. The quantitative estimate of drug-likeness (QED) is 0.770. The number of hydrogen-bond acceptors (Lipinski definition) is 5. The third-order valence-electron chi connectivity index (χ3n) is 7.23. The first-order valence-corrected chi connectivity index (χ1v) is 11.6. The highest BCUT2D eigenvalue weighted by Crippen LogP contribution is 2.39. The van der Waals surface area contributed by atoms with Crippen LogP contribution in [-0.4, -0.2) is 60.0 Å². The third kappa shape index (κ3) is 4.43. The summed E-state index contributed by atoms with van der Waals surface area (Å²) in [6.45, 7) is 3.93. The standard InChI is InChI=1S/C25H32N2O4/c28-22-8-7-18-4-1-2-5-20(18)21(22)17-27-13-11-25(12-14-27)10-9-19(31-25)16-26-24(29)23-6-3-15-30-23/h1-2,4-5,7-8,19,23,28H,3,6,9-17H2,(H,26,29). The molecule has 0 saturated carbocycles. The minimum Gasteiger partial charge on any atom is -0.508 e. The maximum atomic E-state index is 12.2. The molecule has 2 atom stereocenters. The molecule has 0 bridgehead atoms. The Bertz CT molecular complexity index is 932. The monoisotopic (exact) mass is 424 g/mol. The molecular formula is C25H32N2O4. The summed E-state index contributed by atoms with van der Waals surface area (Å²) in [7, 11) is 0. The van der Waals surface area contributed by atoms with Crippen molar-refractivity contribution in [1.82, 2.24) is 10.2 Å². The number of phenols is 1. The van der Waals surface area contributed by atoms with Gasteiger partial charge in [0.25, 0.3) is 0 Å². The highest BCUT2D eigenvalue weighted by atomic mass is 16.5. The summed E-state index contributed by atoms with van der Waals surface area (Å²) >= 11 is 0. The first kappa shape index (κ1) is 20.7. The Labute approximate surface area is 183 Å². The molecule has 0 aromatic heterocycles. The summed E-state index contributed by atoms with van der Waals surface area (Å²) < 4.78 is 11.9. The molecule has 2 N–H and O–H groups in total. The number of nitrogens with zero attached hydrogens (tertiary/aromatic N) is 1. The number of carbonyl (C=O) groups excluding carboxylic acids is 1. The van der Waals surface area contributed by atoms with Crippen LogP contribution in [-0.2, 0) is 20.8 Å². The zero-order chi connectivity index (χ0) is 21.3. The number of nitrogens with one attached hydrogen (secondary N) is 1. The van der Waals surface area contributed by atoms with Crippen molar-refractivity contribution in [1.29, 1.82) is 0 Å². The van der Waals surface area contributed by atoms with Crippen molar-refractivity contribution >= 4 is 16.7 Å². The molecule has 166 valence electrons. The SMILES string of the molecule is O=C(NCC1CCC2(CCN(Cc3c(O)ccc4ccccc34)CC2)O1)C1CCCO1. The lowest BCUT2D eigenvalue weighted by atomic mass is 9.88. The fraction of sp³-hybridized carbons (Fsp3) is 0.560. The Hall–Kier alpha value is -2.15. The number of carbonyl (C=O) groups is 1. The number of rotatable bonds is 5. The van der Waals surface area contributed by atoms with Gasteiger partial charge >= 0.3 is 0 Å². The molecule has 6 nitrogen and oxygen atoms in total. The lowest BCUT2D eigenvalue weighted by Crippen LogP contribution is -2.45. The van der Waals surface area contributed by atoms with Crippen LogP contribution in [0.4, 0.5) is 0 Å². The fourth-order valence-corrected chi connectivity index (χ4v) is 5.35. The predicted molar refractivity (Wildman–Crippen MR) is 119 cm³/mol. The molecule has 1 amide bonds. The van der Waals surface area contributed by atoms with Crippen LogP contribution in [0.3, 0.4) is 0 Å². The Kier molecular flexibility index (Phi) is 5.87. The van der Waals surface area contributed by atoms with Gasteiger partial charge in [0.15, 0.2) is 0 Å². The lowest BCUT2D eigenvalue weighted by molar-refractivity contribution is -0.131. The van der Waals surface area contributed by atoms with Gasteiger partial charge in [0.2, 0.25) is 5.91 Å². The molecule has 3 heterocycles. The first-order valence-electron chi connectivity index (χ1n) is 11.6. The zero-order valence-corrected chi connectivity index (χ0v) is 18.0. The van der Waals surface area contributed by atoms with Gasteiger partial charge < -0.3 is 19.9 Å². The second kappa shape index (κ2) is 8.77. The molecule has 3 saturated heterocycles. The Morgan fingerprint density at radius 3 is 2.77 bits per heavy atom. The van der Waals surface area contributed by atoms with Gasteiger partial charge in [-0.25, -0.2) is 0 Å². The number of aromatic hydroxyl groups is 1. The predicted octanol–water partition coefficient (Wildman–Crippen LogP) is 3.35. The van der Waals surface area contributed by atoms with Crippen LogP contribution in [0.2, 0.25) is 0 Å². The van der Waals surface area contributed by atoms with Gasteiger partial charge in [-0.05, 0) is 55.4 Å². The molecule has 3 fully saturated rings. The molecule has 0 radical (unpaired) electrons. The smallest absolute Gasteiger partial charge is 0.249 e. The van der Waals surface area contributed by atoms with Gasteiger partial charge in [-0.3, -0.25) is 9.69 Å². The van der Waals surface area contributed by atoms with E-state index in [2.05, 4.69) is 22.3 Å². The Balaban J connectivity index is 1.14. The molecule has 2 unspecified atom stereocenters. The van der Waals surface area contributed by atoms with Crippen LogP contribution in [0.1, 0.15) is 44.1 Å². The average molecular weight is 425 g/mol. The molecular weight excluding hydrogens is 392 g/mol. The molecule has 6 heteroatoms. The normalized spacial score (nSPS) is 25.9. The zero-order valence-electron chi connectivity index (χ0n) is 18.0. The van der Waals surface area contributed by atoms with Crippen molar-refractivity contribution in [2.24, 2.45) is 0 Å².